The number of nitrogens with one attached hydrogen (secondary N) is 2. The smallest absolute Gasteiger partial charge is 0.202 e. The van der Waals surface area contributed by atoms with Crippen LogP contribution in [0.2, 0.25) is 5.02 Å². The number of aliphatic imine (C=N–C) groups is 1. The molecule has 9 nitrogen and oxygen atoms in total. The van der Waals surface area contributed by atoms with Gasteiger partial charge < -0.3 is 10.4 Å². The number of amidine groups is 1. The van der Waals surface area contributed by atoms with E-state index < -0.39 is 0 Å². The molecule has 4 N–H and O–H groups in total. The molecule has 1 aromatic carbocycles. The SMILES string of the molecule is O=C(CCCO)CNc1nonc1C(=N[C@H]1Cc2ccc(Cl)cc21)NO. The van der Waals surface area contributed by atoms with Crippen molar-refractivity contribution in [3.63, 3.8) is 0 Å². The number of nitrogens with zero attached hydrogens (tertiary/aromatic N) is 3. The minimum Gasteiger partial charge on any atom is -0.396 e. The largest absolute Gasteiger partial charge is 0.396 e. The van der Waals surface area contributed by atoms with E-state index in [1.54, 1.807) is 0 Å². The van der Waals surface area contributed by atoms with E-state index in [-0.39, 0.29) is 48.7 Å². The zero-order chi connectivity index (χ0) is 18.5. The molecule has 26 heavy (non-hydrogen) atoms. The van der Waals surface area contributed by atoms with Crippen LogP contribution in [0.5, 0.6) is 0 Å². The van der Waals surface area contributed by atoms with E-state index in [9.17, 15) is 10.0 Å². The summed E-state index contributed by atoms with van der Waals surface area (Å²) in [5.41, 5.74) is 4.30. The number of carbonyl (C=O) groups is 1. The summed E-state index contributed by atoms with van der Waals surface area (Å²) >= 11 is 6.01. The maximum Gasteiger partial charge on any atom is 0.202 e. The minimum atomic E-state index is -0.172. The molecule has 0 unspecified atom stereocenters. The molecule has 0 saturated heterocycles. The summed E-state index contributed by atoms with van der Waals surface area (Å²) in [6.45, 7) is -0.0393. The van der Waals surface area contributed by atoms with Gasteiger partial charge in [-0.3, -0.25) is 20.5 Å². The zero-order valence-electron chi connectivity index (χ0n) is 13.8. The molecule has 0 radical (unpaired) electrons. The lowest BCUT2D eigenvalue weighted by Crippen LogP contribution is -2.26. The maximum absolute atomic E-state index is 11.7. The van der Waals surface area contributed by atoms with Crippen LogP contribution in [0.3, 0.4) is 0 Å². The van der Waals surface area contributed by atoms with Gasteiger partial charge in [0.05, 0.1) is 12.6 Å². The highest BCUT2D eigenvalue weighted by molar-refractivity contribution is 6.30. The molecule has 1 atom stereocenters. The minimum absolute atomic E-state index is 0.00178. The number of benzene rings is 1. The third-order valence-electron chi connectivity index (χ3n) is 4.05. The number of carbonyl (C=O) groups excluding carboxylic acids is 1. The normalized spacial score (nSPS) is 16.0. The second-order valence-corrected chi connectivity index (χ2v) is 6.27. The lowest BCUT2D eigenvalue weighted by Gasteiger charge is -2.27. The molecule has 0 fully saturated rings. The second-order valence-electron chi connectivity index (χ2n) is 5.83. The summed E-state index contributed by atoms with van der Waals surface area (Å²) in [4.78, 5) is 16.1. The predicted octanol–water partition coefficient (Wildman–Crippen LogP) is 1.50. The van der Waals surface area contributed by atoms with Crippen LogP contribution in [0, 0.1) is 0 Å². The first-order chi connectivity index (χ1) is 12.6. The first-order valence-electron chi connectivity index (χ1n) is 8.08. The van der Waals surface area contributed by atoms with Crippen LogP contribution >= 0.6 is 11.6 Å². The van der Waals surface area contributed by atoms with E-state index >= 15 is 0 Å². The van der Waals surface area contributed by atoms with Crippen molar-refractivity contribution in [3.8, 4) is 0 Å². The van der Waals surface area contributed by atoms with Crippen LogP contribution in [0.15, 0.2) is 27.8 Å². The fraction of sp³-hybridized carbons (Fsp3) is 0.375. The van der Waals surface area contributed by atoms with E-state index in [4.69, 9.17) is 21.3 Å². The van der Waals surface area contributed by atoms with E-state index in [1.807, 2.05) is 23.7 Å². The summed E-state index contributed by atoms with van der Waals surface area (Å²) in [5, 5.41) is 29.0. The Labute approximate surface area is 154 Å². The van der Waals surface area contributed by atoms with Gasteiger partial charge in [0.2, 0.25) is 5.82 Å². The molecule has 1 aliphatic carbocycles. The van der Waals surface area contributed by atoms with Gasteiger partial charge in [0.25, 0.3) is 0 Å². The average Bonchev–Trinajstić information content (AvgIpc) is 3.09. The second kappa shape index (κ2) is 8.26. The molecule has 1 heterocycles. The van der Waals surface area contributed by atoms with Crippen LogP contribution < -0.4 is 10.8 Å². The highest BCUT2D eigenvalue weighted by atomic mass is 35.5. The van der Waals surface area contributed by atoms with Gasteiger partial charge in [-0.15, -0.1) is 0 Å². The van der Waals surface area contributed by atoms with Crippen molar-refractivity contribution in [2.45, 2.75) is 25.3 Å². The van der Waals surface area contributed by atoms with Crippen molar-refractivity contribution in [2.75, 3.05) is 18.5 Å². The van der Waals surface area contributed by atoms with E-state index in [1.165, 1.54) is 0 Å². The fourth-order valence-electron chi connectivity index (χ4n) is 2.67. The molecular formula is C16H18ClN5O4. The van der Waals surface area contributed by atoms with Gasteiger partial charge in [-0.05, 0) is 46.4 Å². The molecule has 1 aliphatic rings. The Balaban J connectivity index is 1.71. The topological polar surface area (TPSA) is 133 Å². The third-order valence-corrected chi connectivity index (χ3v) is 4.29. The van der Waals surface area contributed by atoms with Gasteiger partial charge in [-0.2, -0.15) is 0 Å². The predicted molar refractivity (Wildman–Crippen MR) is 93.5 cm³/mol. The van der Waals surface area contributed by atoms with Gasteiger partial charge in [0.15, 0.2) is 17.3 Å². The van der Waals surface area contributed by atoms with Crippen LogP contribution in [0.25, 0.3) is 0 Å². The van der Waals surface area contributed by atoms with Gasteiger partial charge in [0.1, 0.15) is 0 Å². The number of anilines is 1. The summed E-state index contributed by atoms with van der Waals surface area (Å²) in [7, 11) is 0. The van der Waals surface area contributed by atoms with Crippen molar-refractivity contribution >= 4 is 29.0 Å². The van der Waals surface area contributed by atoms with E-state index in [0.717, 1.165) is 11.1 Å². The lowest BCUT2D eigenvalue weighted by molar-refractivity contribution is -0.117. The molecule has 10 heteroatoms. The Kier molecular flexibility index (Phi) is 5.82. The number of rotatable bonds is 8. The van der Waals surface area contributed by atoms with Crippen molar-refractivity contribution in [1.82, 2.24) is 15.8 Å². The Morgan fingerprint density at radius 1 is 1.42 bits per heavy atom. The fourth-order valence-corrected chi connectivity index (χ4v) is 2.85. The third kappa shape index (κ3) is 4.01. The molecule has 2 aromatic rings. The van der Waals surface area contributed by atoms with Crippen LogP contribution in [-0.2, 0) is 11.2 Å². The molecule has 3 rings (SSSR count). The molecule has 0 spiro atoms. The number of ketones is 1. The van der Waals surface area contributed by atoms with Gasteiger partial charge in [0, 0.05) is 18.1 Å². The summed E-state index contributed by atoms with van der Waals surface area (Å²) in [5.74, 6) is 0.173. The Bertz CT molecular complexity index is 823. The standard InChI is InChI=1S/C16H18ClN5O4/c17-10-4-3-9-6-13(12(9)7-10)19-16(20-25)14-15(22-26-21-14)18-8-11(24)2-1-5-23/h3-4,7,13,23,25H,1-2,5-6,8H2,(H,18,22)(H,19,20)/t13-/m0/s1. The van der Waals surface area contributed by atoms with Gasteiger partial charge >= 0.3 is 0 Å². The molecule has 1 aromatic heterocycles. The molecular weight excluding hydrogens is 362 g/mol. The first-order valence-corrected chi connectivity index (χ1v) is 8.45. The average molecular weight is 380 g/mol. The number of fused-ring (bicyclic) bond motifs is 1. The Morgan fingerprint density at radius 2 is 2.27 bits per heavy atom. The summed E-state index contributed by atoms with van der Waals surface area (Å²) < 4.78 is 4.70. The summed E-state index contributed by atoms with van der Waals surface area (Å²) in [6, 6.07) is 5.43. The quantitative estimate of drug-likeness (QED) is 0.308. The number of hydrogen-bond acceptors (Lipinski definition) is 8. The van der Waals surface area contributed by atoms with Crippen molar-refractivity contribution < 1.29 is 19.7 Å². The number of halogens is 1. The monoisotopic (exact) mass is 379 g/mol. The van der Waals surface area contributed by atoms with E-state index in [0.29, 0.717) is 17.9 Å². The Morgan fingerprint density at radius 3 is 3.04 bits per heavy atom. The number of aromatic nitrogens is 2. The van der Waals surface area contributed by atoms with Gasteiger partial charge in [-0.1, -0.05) is 17.7 Å². The summed E-state index contributed by atoms with van der Waals surface area (Å²) in [6.07, 6.45) is 1.37. The Hall–Kier alpha value is -2.49. The molecule has 0 bridgehead atoms. The van der Waals surface area contributed by atoms with Crippen molar-refractivity contribution in [2.24, 2.45) is 4.99 Å². The van der Waals surface area contributed by atoms with Crippen molar-refractivity contribution in [1.29, 1.82) is 0 Å². The lowest BCUT2D eigenvalue weighted by atomic mass is 9.84. The molecule has 138 valence electrons. The van der Waals surface area contributed by atoms with Gasteiger partial charge in [-0.25, -0.2) is 4.63 Å². The van der Waals surface area contributed by atoms with E-state index in [2.05, 4.69) is 20.6 Å². The number of aliphatic hydroxyl groups excluding tert-OH is 1. The van der Waals surface area contributed by atoms with Crippen LogP contribution in [-0.4, -0.2) is 45.4 Å². The highest BCUT2D eigenvalue weighted by Gasteiger charge is 2.28. The number of hydrogen-bond donors (Lipinski definition) is 4. The van der Waals surface area contributed by atoms with Crippen LogP contribution in [0.4, 0.5) is 5.82 Å². The molecule has 0 amide bonds. The molecule has 0 saturated carbocycles. The number of Topliss-reactive ketones (excluding diaryl/α,β-unsaturated/α-hetero) is 1. The first kappa shape index (κ1) is 18.3. The van der Waals surface area contributed by atoms with Crippen LogP contribution in [0.1, 0.15) is 35.7 Å². The number of aliphatic hydroxyl groups is 1. The molecule has 0 aliphatic heterocycles. The highest BCUT2D eigenvalue weighted by Crippen LogP contribution is 2.38. The maximum atomic E-state index is 11.7. The van der Waals surface area contributed by atoms with Crippen molar-refractivity contribution in [3.05, 3.63) is 40.0 Å². The number of hydroxylamine groups is 1. The zero-order valence-corrected chi connectivity index (χ0v) is 14.5.